The van der Waals surface area contributed by atoms with E-state index in [1.807, 2.05) is 49.4 Å². The fourth-order valence-electron chi connectivity index (χ4n) is 2.99. The van der Waals surface area contributed by atoms with Gasteiger partial charge in [0.05, 0.1) is 12.2 Å². The zero-order chi connectivity index (χ0) is 20.2. The normalized spacial score (nSPS) is 12.0. The van der Waals surface area contributed by atoms with Crippen molar-refractivity contribution in [3.05, 3.63) is 82.2 Å². The van der Waals surface area contributed by atoms with Crippen molar-refractivity contribution in [2.24, 2.45) is 0 Å². The Morgan fingerprint density at radius 2 is 1.86 bits per heavy atom. The van der Waals surface area contributed by atoms with E-state index < -0.39 is 0 Å². The van der Waals surface area contributed by atoms with Gasteiger partial charge in [0.15, 0.2) is 5.82 Å². The van der Waals surface area contributed by atoms with E-state index in [1.54, 1.807) is 6.20 Å². The van der Waals surface area contributed by atoms with Crippen molar-refractivity contribution >= 4 is 32.8 Å². The van der Waals surface area contributed by atoms with Crippen LogP contribution < -0.4 is 10.1 Å². The van der Waals surface area contributed by atoms with Gasteiger partial charge in [0, 0.05) is 4.47 Å². The molecule has 7 heteroatoms. The summed E-state index contributed by atoms with van der Waals surface area (Å²) in [5, 5.41) is 3.45. The molecule has 1 N–H and O–H groups in total. The molecule has 2 aromatic heterocycles. The van der Waals surface area contributed by atoms with E-state index >= 15 is 0 Å². The Labute approximate surface area is 177 Å². The predicted octanol–water partition coefficient (Wildman–Crippen LogP) is 5.24. The minimum atomic E-state index is 0.0358. The Morgan fingerprint density at radius 1 is 1.03 bits per heavy atom. The lowest BCUT2D eigenvalue weighted by molar-refractivity contribution is 0.282. The molecule has 146 valence electrons. The first-order chi connectivity index (χ1) is 14.1. The van der Waals surface area contributed by atoms with Crippen LogP contribution in [-0.2, 0) is 6.61 Å². The maximum absolute atomic E-state index is 5.78. The van der Waals surface area contributed by atoms with Crippen LogP contribution in [-0.4, -0.2) is 19.9 Å². The Hall–Kier alpha value is -3.06. The summed E-state index contributed by atoms with van der Waals surface area (Å²) < 4.78 is 6.81. The third kappa shape index (κ3) is 4.68. The molecule has 2 aromatic carbocycles. The largest absolute Gasteiger partial charge is 0.459 e. The van der Waals surface area contributed by atoms with Gasteiger partial charge in [0.25, 0.3) is 0 Å². The van der Waals surface area contributed by atoms with Crippen LogP contribution in [0.3, 0.4) is 0 Å². The fourth-order valence-corrected chi connectivity index (χ4v) is 3.40. The van der Waals surface area contributed by atoms with E-state index in [0.29, 0.717) is 35.3 Å². The van der Waals surface area contributed by atoms with E-state index in [9.17, 15) is 0 Å². The molecule has 0 radical (unpaired) electrons. The Balaban J connectivity index is 1.62. The van der Waals surface area contributed by atoms with E-state index in [2.05, 4.69) is 60.2 Å². The summed E-state index contributed by atoms with van der Waals surface area (Å²) in [6, 6.07) is 18.4. The van der Waals surface area contributed by atoms with Gasteiger partial charge in [-0.2, -0.15) is 4.98 Å². The molecule has 1 atom stereocenters. The highest BCUT2D eigenvalue weighted by Crippen LogP contribution is 2.26. The van der Waals surface area contributed by atoms with Crippen molar-refractivity contribution in [3.63, 3.8) is 0 Å². The predicted molar refractivity (Wildman–Crippen MR) is 117 cm³/mol. The molecule has 0 spiro atoms. The number of hydrogen-bond acceptors (Lipinski definition) is 6. The van der Waals surface area contributed by atoms with Crippen molar-refractivity contribution in [3.8, 4) is 6.01 Å². The van der Waals surface area contributed by atoms with Gasteiger partial charge in [-0.15, -0.1) is 0 Å². The molecule has 0 bridgehead atoms. The first-order valence-electron chi connectivity index (χ1n) is 9.28. The third-order valence-corrected chi connectivity index (χ3v) is 4.93. The van der Waals surface area contributed by atoms with Crippen molar-refractivity contribution in [2.75, 3.05) is 5.32 Å². The minimum absolute atomic E-state index is 0.0358. The highest BCUT2D eigenvalue weighted by Gasteiger charge is 2.14. The Kier molecular flexibility index (Phi) is 5.67. The number of aromatic nitrogens is 4. The lowest BCUT2D eigenvalue weighted by Gasteiger charge is -2.17. The molecule has 29 heavy (non-hydrogen) atoms. The third-order valence-electron chi connectivity index (χ3n) is 4.44. The smallest absolute Gasteiger partial charge is 0.317 e. The van der Waals surface area contributed by atoms with Crippen LogP contribution in [0.1, 0.15) is 29.9 Å². The second kappa shape index (κ2) is 8.53. The first kappa shape index (κ1) is 19.3. The Bertz CT molecular complexity index is 1140. The molecular weight excluding hydrogens is 430 g/mol. The summed E-state index contributed by atoms with van der Waals surface area (Å²) in [5.41, 5.74) is 3.50. The number of fused-ring (bicyclic) bond motifs is 1. The average Bonchev–Trinajstić information content (AvgIpc) is 2.73. The molecule has 0 aliphatic carbocycles. The van der Waals surface area contributed by atoms with Crippen molar-refractivity contribution in [2.45, 2.75) is 26.5 Å². The van der Waals surface area contributed by atoms with Gasteiger partial charge in [0.1, 0.15) is 23.5 Å². The molecule has 4 rings (SSSR count). The molecule has 2 heterocycles. The van der Waals surface area contributed by atoms with Gasteiger partial charge in [-0.25, -0.2) is 15.0 Å². The van der Waals surface area contributed by atoms with E-state index in [0.717, 1.165) is 15.6 Å². The monoisotopic (exact) mass is 449 g/mol. The number of nitrogens with zero attached hydrogens (tertiary/aromatic N) is 4. The quantitative estimate of drug-likeness (QED) is 0.433. The second-order valence-corrected chi connectivity index (χ2v) is 7.62. The lowest BCUT2D eigenvalue weighted by Crippen LogP contribution is -2.10. The van der Waals surface area contributed by atoms with Crippen LogP contribution in [0.4, 0.5) is 5.82 Å². The number of anilines is 1. The summed E-state index contributed by atoms with van der Waals surface area (Å²) >= 11 is 3.52. The summed E-state index contributed by atoms with van der Waals surface area (Å²) in [4.78, 5) is 17.9. The maximum atomic E-state index is 5.78. The topological polar surface area (TPSA) is 72.8 Å². The van der Waals surface area contributed by atoms with Crippen LogP contribution in [0, 0.1) is 6.92 Å². The van der Waals surface area contributed by atoms with Crippen LogP contribution in [0.25, 0.3) is 11.0 Å². The number of hydrogen-bond donors (Lipinski definition) is 1. The molecule has 0 saturated heterocycles. The number of nitrogens with one attached hydrogen (secondary N) is 1. The fraction of sp³-hybridized carbons (Fsp3) is 0.182. The lowest BCUT2D eigenvalue weighted by atomic mass is 10.1. The SMILES string of the molecule is Cc1nc(NC(C)c2cccc(Br)c2)c2nc(OCc3ccccc3)ncc2n1. The number of halogens is 1. The minimum Gasteiger partial charge on any atom is -0.459 e. The molecule has 0 fully saturated rings. The number of ether oxygens (including phenoxy) is 1. The van der Waals surface area contributed by atoms with Crippen molar-refractivity contribution in [1.29, 1.82) is 0 Å². The molecule has 0 amide bonds. The molecule has 4 aromatic rings. The molecule has 1 unspecified atom stereocenters. The zero-order valence-electron chi connectivity index (χ0n) is 16.1. The van der Waals surface area contributed by atoms with Gasteiger partial charge in [-0.3, -0.25) is 0 Å². The van der Waals surface area contributed by atoms with Crippen LogP contribution in [0.15, 0.2) is 65.3 Å². The summed E-state index contributed by atoms with van der Waals surface area (Å²) in [6.45, 7) is 4.34. The van der Waals surface area contributed by atoms with Crippen LogP contribution in [0.5, 0.6) is 6.01 Å². The molecular formula is C22H20BrN5O. The second-order valence-electron chi connectivity index (χ2n) is 6.70. The standard InChI is InChI=1S/C22H20BrN5O/c1-14(17-9-6-10-18(23)11-17)25-21-20-19(26-15(2)27-21)12-24-22(28-20)29-13-16-7-4-3-5-8-16/h3-12,14H,13H2,1-2H3,(H,25,26,27). The Morgan fingerprint density at radius 3 is 2.66 bits per heavy atom. The van der Waals surface area contributed by atoms with Crippen LogP contribution in [0.2, 0.25) is 0 Å². The van der Waals surface area contributed by atoms with E-state index in [-0.39, 0.29) is 6.04 Å². The van der Waals surface area contributed by atoms with Gasteiger partial charge < -0.3 is 10.1 Å². The molecule has 0 saturated carbocycles. The summed E-state index contributed by atoms with van der Waals surface area (Å²) in [7, 11) is 0. The molecule has 6 nitrogen and oxygen atoms in total. The van der Waals surface area contributed by atoms with E-state index in [4.69, 9.17) is 4.74 Å². The maximum Gasteiger partial charge on any atom is 0.317 e. The molecule has 0 aliphatic rings. The van der Waals surface area contributed by atoms with Gasteiger partial charge in [-0.1, -0.05) is 58.4 Å². The van der Waals surface area contributed by atoms with E-state index in [1.165, 1.54) is 0 Å². The molecule has 0 aliphatic heterocycles. The van der Waals surface area contributed by atoms with Gasteiger partial charge in [-0.05, 0) is 37.1 Å². The summed E-state index contributed by atoms with van der Waals surface area (Å²) in [6.07, 6.45) is 1.67. The average molecular weight is 450 g/mol. The number of benzene rings is 2. The van der Waals surface area contributed by atoms with Crippen LogP contribution >= 0.6 is 15.9 Å². The van der Waals surface area contributed by atoms with Gasteiger partial charge >= 0.3 is 6.01 Å². The summed E-state index contributed by atoms with van der Waals surface area (Å²) in [5.74, 6) is 1.31. The number of aryl methyl sites for hydroxylation is 1. The van der Waals surface area contributed by atoms with Gasteiger partial charge in [0.2, 0.25) is 0 Å². The highest BCUT2D eigenvalue weighted by molar-refractivity contribution is 9.10. The van der Waals surface area contributed by atoms with Crippen molar-refractivity contribution < 1.29 is 4.74 Å². The zero-order valence-corrected chi connectivity index (χ0v) is 17.7. The van der Waals surface area contributed by atoms with Crippen molar-refractivity contribution in [1.82, 2.24) is 19.9 Å². The first-order valence-corrected chi connectivity index (χ1v) is 10.1. The highest BCUT2D eigenvalue weighted by atomic mass is 79.9. The number of rotatable bonds is 6.